The first kappa shape index (κ1) is 53.8. The molecule has 18 N–H and O–H groups in total. The number of nitrogens with zero attached hydrogens (tertiary/aromatic N) is 2. The van der Waals surface area contributed by atoms with E-state index in [4.69, 9.17) is 11.5 Å². The second-order valence-electron chi connectivity index (χ2n) is 14.4. The number of carbonyl (C=O) groups excluding carboxylic acids is 7. The fourth-order valence-corrected chi connectivity index (χ4v) is 7.25. The summed E-state index contributed by atoms with van der Waals surface area (Å²) in [7, 11) is -3.17. The van der Waals surface area contributed by atoms with Gasteiger partial charge in [-0.2, -0.15) is 0 Å². The van der Waals surface area contributed by atoms with E-state index in [1.807, 2.05) is 5.32 Å². The van der Waals surface area contributed by atoms with Gasteiger partial charge in [0.25, 0.3) is 0 Å². The molecule has 342 valence electrons. The minimum atomic E-state index is -3.17. The molecular formula is C33H49N8NaO19S. The zero-order chi connectivity index (χ0) is 44.7. The summed E-state index contributed by atoms with van der Waals surface area (Å²) in [6.45, 7) is -2.08. The molecule has 0 radical (unpaired) electrons. The molecule has 1 aromatic carbocycles. The predicted molar refractivity (Wildman–Crippen MR) is 198 cm³/mol. The number of hydrogen-bond donors (Lipinski definition) is 14. The van der Waals surface area contributed by atoms with Crippen molar-refractivity contribution in [1.82, 2.24) is 31.1 Å². The number of rotatable bonds is 9. The molecule has 3 saturated heterocycles. The maximum atomic E-state index is 14.2. The Bertz CT molecular complexity index is 1890. The molecule has 27 nitrogen and oxygen atoms in total. The van der Waals surface area contributed by atoms with E-state index in [-0.39, 0.29) is 47.0 Å². The van der Waals surface area contributed by atoms with E-state index < -0.39 is 182 Å². The van der Waals surface area contributed by atoms with Gasteiger partial charge in [-0.15, -0.1) is 0 Å². The summed E-state index contributed by atoms with van der Waals surface area (Å²) < 4.78 is 26.8. The summed E-state index contributed by atoms with van der Waals surface area (Å²) >= 11 is 0. The van der Waals surface area contributed by atoms with Gasteiger partial charge < -0.3 is 101 Å². The van der Waals surface area contributed by atoms with Gasteiger partial charge in [-0.1, -0.05) is 6.07 Å². The van der Waals surface area contributed by atoms with Gasteiger partial charge >= 0.3 is 29.6 Å². The van der Waals surface area contributed by atoms with Crippen molar-refractivity contribution in [3.63, 3.8) is 0 Å². The summed E-state index contributed by atoms with van der Waals surface area (Å²) in [6, 6.07) is -8.44. The van der Waals surface area contributed by atoms with Crippen molar-refractivity contribution in [2.24, 2.45) is 11.5 Å². The molecule has 62 heavy (non-hydrogen) atoms. The van der Waals surface area contributed by atoms with Gasteiger partial charge in [0.2, 0.25) is 41.4 Å². The SMILES string of the molecule is NC(=O)CC(O)C1NC(=O)C(C(O)Cc2ccc(O)c(O[S-](=O)=O)c2)NC(=O)C2CC(O)CN2C(=O)C(CO)NC(=O)C(N)CC(O)C(O)NC(=O)C2C(O)CCN2C1=O.O.[Na+]. The largest absolute Gasteiger partial charge is 1.00 e. The van der Waals surface area contributed by atoms with Crippen LogP contribution in [0.5, 0.6) is 11.5 Å². The number of aromatic hydroxyl groups is 1. The fourth-order valence-electron chi connectivity index (χ4n) is 6.97. The Kier molecular flexibility index (Phi) is 20.3. The molecule has 12 unspecified atom stereocenters. The molecule has 3 fully saturated rings. The maximum Gasteiger partial charge on any atom is 1.00 e. The maximum absolute atomic E-state index is 14.2. The zero-order valence-corrected chi connectivity index (χ0v) is 35.8. The molecular weight excluding hydrogens is 867 g/mol. The molecule has 0 aromatic heterocycles. The number of benzene rings is 1. The second-order valence-corrected chi connectivity index (χ2v) is 15.0. The summed E-state index contributed by atoms with van der Waals surface area (Å²) in [5.74, 6) is -10.1. The molecule has 0 bridgehead atoms. The Morgan fingerprint density at radius 3 is 2.11 bits per heavy atom. The monoisotopic (exact) mass is 916 g/mol. The molecule has 1 aromatic rings. The zero-order valence-electron chi connectivity index (χ0n) is 32.9. The topological polar surface area (TPSA) is 463 Å². The first-order valence-electron chi connectivity index (χ1n) is 18.3. The third-order valence-corrected chi connectivity index (χ3v) is 10.3. The number of aliphatic hydroxyl groups excluding tert-OH is 7. The van der Waals surface area contributed by atoms with Crippen molar-refractivity contribution < 1.29 is 122 Å². The van der Waals surface area contributed by atoms with Crippen LogP contribution in [-0.4, -0.2) is 190 Å². The smallest absolute Gasteiger partial charge is 0.530 e. The Balaban J connectivity index is 0.00000661. The number of aliphatic hydroxyl groups is 7. The summed E-state index contributed by atoms with van der Waals surface area (Å²) in [4.78, 5) is 95.5. The molecule has 0 aliphatic carbocycles. The van der Waals surface area contributed by atoms with E-state index in [0.717, 1.165) is 17.0 Å². The summed E-state index contributed by atoms with van der Waals surface area (Å²) in [5, 5.41) is 93.5. The van der Waals surface area contributed by atoms with E-state index in [1.165, 1.54) is 6.07 Å². The molecule has 4 rings (SSSR count). The number of fused-ring (bicyclic) bond motifs is 2. The molecule has 3 heterocycles. The van der Waals surface area contributed by atoms with Crippen LogP contribution in [-0.2, 0) is 59.4 Å². The summed E-state index contributed by atoms with van der Waals surface area (Å²) in [5.41, 5.74) is 11.1. The quantitative estimate of drug-likeness (QED) is 0.0808. The van der Waals surface area contributed by atoms with E-state index in [2.05, 4.69) is 20.1 Å². The van der Waals surface area contributed by atoms with Gasteiger partial charge in [0, 0.05) is 32.4 Å². The van der Waals surface area contributed by atoms with Crippen LogP contribution in [0.3, 0.4) is 0 Å². The van der Waals surface area contributed by atoms with Crippen LogP contribution in [0, 0.1) is 0 Å². The third kappa shape index (κ3) is 13.4. The number of nitrogens with two attached hydrogens (primary N) is 2. The number of phenols is 1. The van der Waals surface area contributed by atoms with Gasteiger partial charge in [0.15, 0.2) is 12.0 Å². The van der Waals surface area contributed by atoms with Crippen LogP contribution in [0.25, 0.3) is 0 Å². The minimum absolute atomic E-state index is 0. The first-order valence-corrected chi connectivity index (χ1v) is 19.3. The second kappa shape index (κ2) is 23.4. The van der Waals surface area contributed by atoms with Crippen LogP contribution in [0.1, 0.15) is 31.2 Å². The van der Waals surface area contributed by atoms with Crippen LogP contribution in [0.15, 0.2) is 18.2 Å². The van der Waals surface area contributed by atoms with Crippen molar-refractivity contribution >= 4 is 52.3 Å². The third-order valence-electron chi connectivity index (χ3n) is 10.0. The van der Waals surface area contributed by atoms with E-state index in [0.29, 0.717) is 4.90 Å². The first-order chi connectivity index (χ1) is 28.1. The normalized spacial score (nSPS) is 30.2. The predicted octanol–water partition coefficient (Wildman–Crippen LogP) is -12.8. The van der Waals surface area contributed by atoms with Gasteiger partial charge in [-0.3, -0.25) is 33.6 Å². The molecule has 0 spiro atoms. The number of nitrogens with one attached hydrogen (secondary N) is 4. The number of carbonyl (C=O) groups is 7. The van der Waals surface area contributed by atoms with Crippen LogP contribution >= 0.6 is 0 Å². The molecule has 12 atom stereocenters. The average Bonchev–Trinajstić information content (AvgIpc) is 3.76. The molecule has 7 amide bonds. The molecule has 29 heteroatoms. The Morgan fingerprint density at radius 1 is 0.855 bits per heavy atom. The van der Waals surface area contributed by atoms with E-state index >= 15 is 0 Å². The van der Waals surface area contributed by atoms with E-state index in [1.54, 1.807) is 0 Å². The van der Waals surface area contributed by atoms with Crippen LogP contribution in [0.4, 0.5) is 0 Å². The number of phenolic OH excluding ortho intramolecular Hbond substituents is 1. The summed E-state index contributed by atoms with van der Waals surface area (Å²) in [6.07, 6.45) is -14.7. The number of hydrogen-bond acceptors (Lipinski definition) is 20. The van der Waals surface area contributed by atoms with Crippen molar-refractivity contribution in [3.05, 3.63) is 23.8 Å². The molecule has 3 aliphatic heterocycles. The standard InChI is InChI=1S/C33H47N8O18S.Na.H2O/c34-14-8-21(48)29(52)39-31(54)26-18(45)3-4-40(26)33(56)25(20(47)9-23(35)49)38-30(53)24(19(46)5-12-1-2-17(44)22(6-12)59-60(57)58)37-28(51)16-7-13(43)10-41(16)32(55)15(11-42)36-27(14)50;;/h1-2,6,13-16,18-21,24-26,29,42-48,52H,3-5,7-11,34H2,(H2,35,49)(H,36,50)(H,37,51)(H,38,53)(H,39,54);;1H2/q-1;+1;. The average molecular weight is 917 g/mol. The minimum Gasteiger partial charge on any atom is -0.530 e. The van der Waals surface area contributed by atoms with Gasteiger partial charge in [0.1, 0.15) is 53.0 Å². The van der Waals surface area contributed by atoms with Gasteiger partial charge in [-0.05, 0) is 24.1 Å². The Labute approximate surface area is 375 Å². The molecule has 3 aliphatic rings. The fraction of sp³-hybridized carbons (Fsp3) is 0.606. The van der Waals surface area contributed by atoms with Crippen LogP contribution < -0.4 is 66.5 Å². The number of primary amides is 1. The Hall–Kier alpha value is -4.30. The van der Waals surface area contributed by atoms with Gasteiger partial charge in [-0.25, -0.2) is 0 Å². The van der Waals surface area contributed by atoms with Crippen molar-refractivity contribution in [1.29, 1.82) is 0 Å². The van der Waals surface area contributed by atoms with Crippen molar-refractivity contribution in [3.8, 4) is 11.5 Å². The molecule has 0 saturated carbocycles. The van der Waals surface area contributed by atoms with Gasteiger partial charge in [0.05, 0.1) is 43.5 Å². The van der Waals surface area contributed by atoms with Crippen LogP contribution in [0.2, 0.25) is 0 Å². The van der Waals surface area contributed by atoms with Crippen molar-refractivity contribution in [2.45, 2.75) is 105 Å². The van der Waals surface area contributed by atoms with Crippen molar-refractivity contribution in [2.75, 3.05) is 19.7 Å². The van der Waals surface area contributed by atoms with E-state index in [9.17, 15) is 82.8 Å². The Morgan fingerprint density at radius 2 is 1.50 bits per heavy atom. The number of amides is 7.